The molecule has 0 N–H and O–H groups in total. The largest absolute Gasteiger partial charge is 0.400 e. The highest BCUT2D eigenvalue weighted by Gasteiger charge is 2.58. The molecule has 1 aliphatic heterocycles. The van der Waals surface area contributed by atoms with Crippen molar-refractivity contribution in [3.8, 4) is 23.5 Å². The molecule has 4 heterocycles. The molecule has 52 heavy (non-hydrogen) atoms. The Kier molecular flexibility index (Phi) is 11.6. The first-order chi connectivity index (χ1) is 24.7. The first-order valence-electron chi connectivity index (χ1n) is 15.5. The Morgan fingerprint density at radius 3 is 2.00 bits per heavy atom. The molecule has 0 saturated heterocycles. The van der Waals surface area contributed by atoms with Gasteiger partial charge in [0, 0.05) is 23.9 Å². The minimum atomic E-state index is -4.61. The molecule has 18 heteroatoms. The molecule has 0 fully saturated rings. The Hall–Kier alpha value is -4.87. The number of rotatable bonds is 7. The summed E-state index contributed by atoms with van der Waals surface area (Å²) in [6.45, 7) is 6.37. The fraction of sp³-hybridized carbons (Fsp3) is 0.265. The fourth-order valence-electron chi connectivity index (χ4n) is 5.32. The second kappa shape index (κ2) is 15.8. The zero-order valence-electron chi connectivity index (χ0n) is 28.3. The maximum atomic E-state index is 14.2. The highest BCUT2D eigenvalue weighted by Crippen LogP contribution is 2.48. The van der Waals surface area contributed by atoms with Crippen LogP contribution in [0.3, 0.4) is 0 Å². The molecule has 0 bridgehead atoms. The van der Waals surface area contributed by atoms with Gasteiger partial charge in [-0.15, -0.1) is 11.8 Å². The van der Waals surface area contributed by atoms with Crippen LogP contribution in [0.15, 0.2) is 83.8 Å². The molecule has 6 rings (SSSR count). The van der Waals surface area contributed by atoms with Gasteiger partial charge in [-0.2, -0.15) is 33.9 Å². The summed E-state index contributed by atoms with van der Waals surface area (Å²) in [5.74, 6) is 0. The summed E-state index contributed by atoms with van der Waals surface area (Å²) in [5, 5.41) is 27.7. The number of thioether (sulfide) groups is 1. The van der Waals surface area contributed by atoms with E-state index in [4.69, 9.17) is 28.2 Å². The number of nitriles is 2. The standard InChI is InChI=1S/C19H11Cl2F3N6.C15H19N5SSi/c20-16-4-13(5-17(21)29-16)18(19(22,23)24)6-14(27-8-18)11-1-2-15(12(3-11)7-25)30-10-26-9-28-30;1-21-15(18-11-22(2,3)4)12-5-6-14(13(7-12)8-16)20-10-17-9-19-20/h1-5,9-10H,6,8H2;5-7,9-10H,11H2,1-4H3. The maximum absolute atomic E-state index is 14.2. The van der Waals surface area contributed by atoms with E-state index in [0.717, 1.165) is 34.6 Å². The van der Waals surface area contributed by atoms with Crippen LogP contribution in [0.4, 0.5) is 13.2 Å². The second-order valence-corrected chi connectivity index (χ2v) is 19.8. The van der Waals surface area contributed by atoms with Crippen LogP contribution in [0, 0.1) is 22.7 Å². The molecule has 0 spiro atoms. The molecule has 1 unspecified atom stereocenters. The number of halogens is 5. The van der Waals surface area contributed by atoms with Crippen molar-refractivity contribution >= 4 is 53.8 Å². The van der Waals surface area contributed by atoms with Crippen molar-refractivity contribution in [2.24, 2.45) is 9.98 Å². The van der Waals surface area contributed by atoms with Crippen LogP contribution in [0.5, 0.6) is 0 Å². The molecule has 5 aromatic rings. The van der Waals surface area contributed by atoms with Gasteiger partial charge >= 0.3 is 6.18 Å². The minimum absolute atomic E-state index is 0.0986. The van der Waals surface area contributed by atoms with Crippen LogP contribution >= 0.6 is 35.0 Å². The fourth-order valence-corrected chi connectivity index (χ4v) is 7.08. The molecule has 11 nitrogen and oxygen atoms in total. The molecule has 1 aliphatic rings. The van der Waals surface area contributed by atoms with E-state index in [1.807, 2.05) is 30.5 Å². The quantitative estimate of drug-likeness (QED) is 0.0708. The SMILES string of the molecule is CSC(=NC[Si](C)(C)C)c1ccc(-n2cncn2)c(C#N)c1.N#Cc1cc(C2=NCC(c3cc(Cl)nc(Cl)c3)(C(F)(F)F)C2)ccc1-n1cncn1. The van der Waals surface area contributed by atoms with Gasteiger partial charge in [0.2, 0.25) is 0 Å². The highest BCUT2D eigenvalue weighted by molar-refractivity contribution is 8.13. The number of hydrogen-bond acceptors (Lipinski definition) is 10. The average Bonchev–Trinajstić information content (AvgIpc) is 3.91. The van der Waals surface area contributed by atoms with Crippen molar-refractivity contribution in [1.82, 2.24) is 34.5 Å². The summed E-state index contributed by atoms with van der Waals surface area (Å²) >= 11 is 13.3. The third-order valence-corrected chi connectivity index (χ3v) is 10.1. The molecule has 1 atom stereocenters. The predicted octanol–water partition coefficient (Wildman–Crippen LogP) is 7.66. The van der Waals surface area contributed by atoms with Gasteiger partial charge in [-0.05, 0) is 53.8 Å². The van der Waals surface area contributed by atoms with E-state index in [0.29, 0.717) is 16.8 Å². The molecule has 0 radical (unpaired) electrons. The van der Waals surface area contributed by atoms with Gasteiger partial charge < -0.3 is 0 Å². The van der Waals surface area contributed by atoms with Gasteiger partial charge in [0.25, 0.3) is 0 Å². The van der Waals surface area contributed by atoms with Gasteiger partial charge in [0.15, 0.2) is 0 Å². The number of aromatic nitrogens is 7. The summed E-state index contributed by atoms with van der Waals surface area (Å²) in [6, 6.07) is 17.0. The van der Waals surface area contributed by atoms with Gasteiger partial charge in [0.05, 0.1) is 42.2 Å². The van der Waals surface area contributed by atoms with Crippen molar-refractivity contribution < 1.29 is 13.2 Å². The first-order valence-corrected chi connectivity index (χ1v) is 21.2. The lowest BCUT2D eigenvalue weighted by molar-refractivity contribution is -0.183. The lowest BCUT2D eigenvalue weighted by Crippen LogP contribution is -2.43. The minimum Gasteiger partial charge on any atom is -0.288 e. The van der Waals surface area contributed by atoms with E-state index in [9.17, 15) is 23.7 Å². The van der Waals surface area contributed by atoms with Crippen LogP contribution in [-0.2, 0) is 5.41 Å². The molecular weight excluding hydrogens is 751 g/mol. The average molecular weight is 781 g/mol. The van der Waals surface area contributed by atoms with Crippen LogP contribution in [-0.4, -0.2) is 78.5 Å². The van der Waals surface area contributed by atoms with Gasteiger partial charge in [0.1, 0.15) is 53.2 Å². The van der Waals surface area contributed by atoms with Gasteiger partial charge in [-0.1, -0.05) is 55.0 Å². The number of hydrogen-bond donors (Lipinski definition) is 0. The number of nitrogens with zero attached hydrogens (tertiary/aromatic N) is 11. The summed E-state index contributed by atoms with van der Waals surface area (Å²) in [5.41, 5.74) is 1.26. The van der Waals surface area contributed by atoms with E-state index >= 15 is 0 Å². The smallest absolute Gasteiger partial charge is 0.288 e. The normalized spacial score (nSPS) is 16.1. The Morgan fingerprint density at radius 2 is 1.50 bits per heavy atom. The van der Waals surface area contributed by atoms with Crippen molar-refractivity contribution in [3.05, 3.63) is 112 Å². The molecule has 2 aromatic carbocycles. The molecular formula is C34H30Cl2F3N11SSi. The predicted molar refractivity (Wildman–Crippen MR) is 198 cm³/mol. The zero-order chi connectivity index (χ0) is 37.7. The number of benzene rings is 2. The number of alkyl halides is 3. The van der Waals surface area contributed by atoms with Crippen LogP contribution < -0.4 is 0 Å². The third kappa shape index (κ3) is 8.59. The molecule has 0 amide bonds. The van der Waals surface area contributed by atoms with Crippen LogP contribution in [0.1, 0.15) is 34.2 Å². The molecule has 0 saturated carbocycles. The Labute approximate surface area is 312 Å². The topological polar surface area (TPSA) is 147 Å². The van der Waals surface area contributed by atoms with Gasteiger partial charge in [-0.25, -0.2) is 24.3 Å². The third-order valence-electron chi connectivity index (χ3n) is 7.90. The first kappa shape index (κ1) is 38.4. The molecule has 0 aliphatic carbocycles. The van der Waals surface area contributed by atoms with Gasteiger partial charge in [-0.3, -0.25) is 9.98 Å². The Balaban J connectivity index is 0.000000212. The Morgan fingerprint density at radius 1 is 0.923 bits per heavy atom. The van der Waals surface area contributed by atoms with E-state index in [-0.39, 0.29) is 27.1 Å². The van der Waals surface area contributed by atoms with Crippen LogP contribution in [0.25, 0.3) is 11.4 Å². The summed E-state index contributed by atoms with van der Waals surface area (Å²) in [6.07, 6.45) is 3.66. The maximum Gasteiger partial charge on any atom is 0.400 e. The summed E-state index contributed by atoms with van der Waals surface area (Å²) in [4.78, 5) is 20.4. The van der Waals surface area contributed by atoms with Crippen LogP contribution in [0.2, 0.25) is 29.9 Å². The monoisotopic (exact) mass is 779 g/mol. The lowest BCUT2D eigenvalue weighted by atomic mass is 9.77. The van der Waals surface area contributed by atoms with Crippen molar-refractivity contribution in [2.45, 2.75) is 37.7 Å². The van der Waals surface area contributed by atoms with E-state index < -0.39 is 32.6 Å². The van der Waals surface area contributed by atoms with Crippen molar-refractivity contribution in [1.29, 1.82) is 10.5 Å². The number of aliphatic imine (C=N–C) groups is 2. The Bertz CT molecular complexity index is 2180. The lowest BCUT2D eigenvalue weighted by Gasteiger charge is -2.31. The number of pyridine rings is 1. The highest BCUT2D eigenvalue weighted by atomic mass is 35.5. The van der Waals surface area contributed by atoms with E-state index in [2.05, 4.69) is 55.9 Å². The molecule has 266 valence electrons. The summed E-state index contributed by atoms with van der Waals surface area (Å²) < 4.78 is 45.6. The second-order valence-electron chi connectivity index (χ2n) is 12.8. The van der Waals surface area contributed by atoms with E-state index in [1.165, 1.54) is 29.7 Å². The van der Waals surface area contributed by atoms with Crippen molar-refractivity contribution in [3.63, 3.8) is 0 Å². The van der Waals surface area contributed by atoms with E-state index in [1.54, 1.807) is 34.9 Å². The zero-order valence-corrected chi connectivity index (χ0v) is 31.6. The summed E-state index contributed by atoms with van der Waals surface area (Å²) in [7, 11) is -1.23. The van der Waals surface area contributed by atoms with Crippen molar-refractivity contribution in [2.75, 3.05) is 19.0 Å². The molecule has 3 aromatic heterocycles.